The Morgan fingerprint density at radius 1 is 0.581 bits per heavy atom. The van der Waals surface area contributed by atoms with Crippen molar-refractivity contribution in [3.05, 3.63) is 134 Å². The summed E-state index contributed by atoms with van der Waals surface area (Å²) < 4.78 is 23.1. The van der Waals surface area contributed by atoms with Gasteiger partial charge < -0.3 is 28.8 Å². The van der Waals surface area contributed by atoms with Gasteiger partial charge in [0.25, 0.3) is 7.82 Å². The molecule has 0 aliphatic carbocycles. The molecule has 0 aromatic heterocycles. The van der Waals surface area contributed by atoms with Crippen LogP contribution in [0.15, 0.2) is 134 Å². The fourth-order valence-corrected chi connectivity index (χ4v) is 6.36. The van der Waals surface area contributed by atoms with Gasteiger partial charge in [0.05, 0.1) is 39.9 Å². The number of carbonyl (C=O) groups excluding carboxylic acids is 1. The van der Waals surface area contributed by atoms with Crippen molar-refractivity contribution in [2.45, 2.75) is 154 Å². The molecule has 3 atom stereocenters. The van der Waals surface area contributed by atoms with Gasteiger partial charge >= 0.3 is 0 Å². The van der Waals surface area contributed by atoms with Gasteiger partial charge in [-0.25, -0.2) is 0 Å². The largest absolute Gasteiger partial charge is 0.756 e. The number of carbonyl (C=O) groups is 1. The molecule has 0 aliphatic heterocycles. The number of allylic oxidation sites excluding steroid dienone is 21. The Morgan fingerprint density at radius 2 is 1.00 bits per heavy atom. The normalized spacial score (nSPS) is 15.4. The van der Waals surface area contributed by atoms with Crippen LogP contribution in [0.4, 0.5) is 0 Å². The Morgan fingerprint density at radius 3 is 1.48 bits per heavy atom. The summed E-state index contributed by atoms with van der Waals surface area (Å²) >= 11 is 0. The van der Waals surface area contributed by atoms with Crippen molar-refractivity contribution in [3.8, 4) is 0 Å². The average Bonchev–Trinajstić information content (AvgIpc) is 3.23. The first-order valence-corrected chi connectivity index (χ1v) is 25.0. The van der Waals surface area contributed by atoms with Gasteiger partial charge in [-0.1, -0.05) is 173 Å². The number of hydrogen-bond acceptors (Lipinski definition) is 6. The van der Waals surface area contributed by atoms with Gasteiger partial charge in [-0.2, -0.15) is 0 Å². The number of likely N-dealkylation sites (N-methyl/N-ethyl adjacent to an activating group) is 1. The molecule has 0 saturated carbocycles. The number of aliphatic hydroxyl groups is 1. The number of aliphatic hydroxyl groups excluding tert-OH is 1. The Balaban J connectivity index is 4.44. The number of rotatable bonds is 40. The van der Waals surface area contributed by atoms with E-state index in [0.29, 0.717) is 17.4 Å². The van der Waals surface area contributed by atoms with Crippen LogP contribution >= 0.6 is 7.82 Å². The number of phosphoric ester groups is 1. The molecule has 0 radical (unpaired) electrons. The molecular weight excluding hydrogens is 792 g/mol. The molecule has 0 heterocycles. The number of hydrogen-bond donors (Lipinski definition) is 2. The highest BCUT2D eigenvalue weighted by Gasteiger charge is 2.23. The van der Waals surface area contributed by atoms with E-state index in [-0.39, 0.29) is 18.9 Å². The summed E-state index contributed by atoms with van der Waals surface area (Å²) in [6, 6.07) is -0.943. The molecular formula is C53H87N2O6P. The summed E-state index contributed by atoms with van der Waals surface area (Å²) in [6.45, 7) is 4.40. The molecule has 2 N–H and O–H groups in total. The van der Waals surface area contributed by atoms with E-state index < -0.39 is 26.6 Å². The standard InChI is InChI=1S/C53H87N2O6P/c1-6-8-10-12-14-16-18-19-20-21-22-23-24-25-26-27-28-29-30-31-32-33-34-35-37-39-41-43-45-47-53(57)54-51(50-61-62(58,59)60-49-48-55(3,4)5)52(56)46-44-42-40-38-36-17-15-13-11-9-7-2/h8,10,14,16,19-20,22-23,25-26,28-29,31-32,34-36,38-39,41,44,46,51-52,56H,6-7,9,11-13,15,17-18,21,24,27,30,33,37,40,42-43,45,47-50H2,1-5H3,(H-,54,57,58,59)/b10-8-,16-14-,20-19-,23-22-,26-25-,29-28-,32-31-,35-34-,38-36+,41-39-,46-44+. The fourth-order valence-electron chi connectivity index (χ4n) is 5.64. The molecule has 0 rings (SSSR count). The predicted molar refractivity (Wildman–Crippen MR) is 265 cm³/mol. The number of amides is 1. The minimum absolute atomic E-state index is 0.0257. The summed E-state index contributed by atoms with van der Waals surface area (Å²) in [5, 5.41) is 13.7. The molecule has 3 unspecified atom stereocenters. The molecule has 0 aromatic carbocycles. The van der Waals surface area contributed by atoms with Crippen LogP contribution in [0.1, 0.15) is 142 Å². The van der Waals surface area contributed by atoms with Crippen molar-refractivity contribution in [2.24, 2.45) is 0 Å². The molecule has 0 aromatic rings. The highest BCUT2D eigenvalue weighted by atomic mass is 31.2. The molecule has 0 spiro atoms. The van der Waals surface area contributed by atoms with Crippen LogP contribution in [-0.4, -0.2) is 68.5 Å². The number of nitrogens with zero attached hydrogens (tertiary/aromatic N) is 1. The lowest BCUT2D eigenvalue weighted by atomic mass is 10.1. The van der Waals surface area contributed by atoms with Crippen LogP contribution in [0.2, 0.25) is 0 Å². The Kier molecular flexibility index (Phi) is 40.6. The first kappa shape index (κ1) is 58.6. The van der Waals surface area contributed by atoms with E-state index >= 15 is 0 Å². The van der Waals surface area contributed by atoms with Crippen LogP contribution in [-0.2, 0) is 18.4 Å². The second kappa shape index (κ2) is 42.9. The van der Waals surface area contributed by atoms with Crippen LogP contribution < -0.4 is 10.2 Å². The number of nitrogens with one attached hydrogen (secondary N) is 1. The van der Waals surface area contributed by atoms with Crippen molar-refractivity contribution in [2.75, 3.05) is 40.9 Å². The third-order valence-electron chi connectivity index (χ3n) is 9.34. The Labute approximate surface area is 379 Å². The van der Waals surface area contributed by atoms with Gasteiger partial charge in [0.15, 0.2) is 0 Å². The van der Waals surface area contributed by atoms with E-state index in [0.717, 1.165) is 83.5 Å². The zero-order valence-corrected chi connectivity index (χ0v) is 40.4. The lowest BCUT2D eigenvalue weighted by Gasteiger charge is -2.29. The van der Waals surface area contributed by atoms with Gasteiger partial charge in [0.2, 0.25) is 5.91 Å². The minimum atomic E-state index is -4.62. The number of phosphoric acid groups is 1. The van der Waals surface area contributed by atoms with Crippen LogP contribution in [0.5, 0.6) is 0 Å². The lowest BCUT2D eigenvalue weighted by Crippen LogP contribution is -2.45. The summed E-state index contributed by atoms with van der Waals surface area (Å²) in [6.07, 6.45) is 65.2. The second-order valence-electron chi connectivity index (χ2n) is 16.4. The predicted octanol–water partition coefficient (Wildman–Crippen LogP) is 13.0. The maximum Gasteiger partial charge on any atom is 0.268 e. The second-order valence-corrected chi connectivity index (χ2v) is 17.8. The highest BCUT2D eigenvalue weighted by molar-refractivity contribution is 7.45. The molecule has 62 heavy (non-hydrogen) atoms. The lowest BCUT2D eigenvalue weighted by molar-refractivity contribution is -0.870. The maximum atomic E-state index is 12.8. The summed E-state index contributed by atoms with van der Waals surface area (Å²) in [4.78, 5) is 25.3. The Hall–Kier alpha value is -3.36. The van der Waals surface area contributed by atoms with Crippen molar-refractivity contribution in [1.29, 1.82) is 0 Å². The smallest absolute Gasteiger partial charge is 0.268 e. The van der Waals surface area contributed by atoms with E-state index in [2.05, 4.69) is 141 Å². The monoisotopic (exact) mass is 879 g/mol. The summed E-state index contributed by atoms with van der Waals surface area (Å²) in [7, 11) is 1.18. The van der Waals surface area contributed by atoms with Crippen LogP contribution in [0.25, 0.3) is 0 Å². The molecule has 0 saturated heterocycles. The van der Waals surface area contributed by atoms with Gasteiger partial charge in [-0.3, -0.25) is 9.36 Å². The van der Waals surface area contributed by atoms with E-state index in [1.165, 1.54) is 32.1 Å². The van der Waals surface area contributed by atoms with Crippen molar-refractivity contribution < 1.29 is 32.9 Å². The fraction of sp³-hybridized carbons (Fsp3) is 0.566. The van der Waals surface area contributed by atoms with E-state index in [1.54, 1.807) is 6.08 Å². The van der Waals surface area contributed by atoms with Crippen LogP contribution in [0, 0.1) is 0 Å². The van der Waals surface area contributed by atoms with Gasteiger partial charge in [0, 0.05) is 6.42 Å². The topological polar surface area (TPSA) is 108 Å². The maximum absolute atomic E-state index is 12.8. The molecule has 8 nitrogen and oxygen atoms in total. The highest BCUT2D eigenvalue weighted by Crippen LogP contribution is 2.38. The molecule has 1 amide bonds. The quantitative estimate of drug-likeness (QED) is 0.0275. The van der Waals surface area contributed by atoms with E-state index in [9.17, 15) is 19.4 Å². The zero-order chi connectivity index (χ0) is 45.7. The SMILES string of the molecule is CC/C=C\C/C=C\C/C=C\C/C=C\C/C=C\C/C=C\C/C=C\C/C=C\C/C=C\CCCC(=O)NC(COP(=O)([O-])OCC[N+](C)(C)C)C(O)/C=C/CC/C=C/CCCCCCC. The van der Waals surface area contributed by atoms with Gasteiger partial charge in [-0.15, -0.1) is 0 Å². The van der Waals surface area contributed by atoms with Crippen molar-refractivity contribution in [3.63, 3.8) is 0 Å². The zero-order valence-electron chi connectivity index (χ0n) is 39.5. The van der Waals surface area contributed by atoms with Crippen molar-refractivity contribution in [1.82, 2.24) is 5.32 Å². The average molecular weight is 879 g/mol. The third kappa shape index (κ3) is 44.7. The first-order valence-electron chi connectivity index (χ1n) is 23.5. The molecule has 9 heteroatoms. The van der Waals surface area contributed by atoms with Crippen LogP contribution in [0.3, 0.4) is 0 Å². The third-order valence-corrected chi connectivity index (χ3v) is 10.3. The molecule has 0 fully saturated rings. The van der Waals surface area contributed by atoms with E-state index in [4.69, 9.17) is 9.05 Å². The molecule has 0 bridgehead atoms. The van der Waals surface area contributed by atoms with Gasteiger partial charge in [-0.05, 0) is 96.3 Å². The number of unbranched alkanes of at least 4 members (excludes halogenated alkanes) is 7. The van der Waals surface area contributed by atoms with Crippen molar-refractivity contribution >= 4 is 13.7 Å². The molecule has 350 valence electrons. The van der Waals surface area contributed by atoms with E-state index in [1.807, 2.05) is 27.2 Å². The minimum Gasteiger partial charge on any atom is -0.756 e. The first-order chi connectivity index (χ1) is 30.0. The van der Waals surface area contributed by atoms with Gasteiger partial charge in [0.1, 0.15) is 13.2 Å². The molecule has 0 aliphatic rings. The number of quaternary nitrogens is 1. The Bertz CT molecular complexity index is 1460. The summed E-state index contributed by atoms with van der Waals surface area (Å²) in [5.74, 6) is -0.274. The summed E-state index contributed by atoms with van der Waals surface area (Å²) in [5.41, 5.74) is 0.